The highest BCUT2D eigenvalue weighted by Crippen LogP contribution is 2.24. The first-order valence-corrected chi connectivity index (χ1v) is 10.2. The molecule has 0 saturated carbocycles. The largest absolute Gasteiger partial charge is 0.497 e. The molecule has 1 saturated heterocycles. The highest BCUT2D eigenvalue weighted by molar-refractivity contribution is 5.98. The number of para-hydroxylation sites is 1. The van der Waals surface area contributed by atoms with Gasteiger partial charge in [0, 0.05) is 48.1 Å². The Hall–Kier alpha value is -3.08. The molecule has 1 aliphatic heterocycles. The highest BCUT2D eigenvalue weighted by Gasteiger charge is 2.27. The van der Waals surface area contributed by atoms with Crippen molar-refractivity contribution in [2.75, 3.05) is 20.2 Å². The molecular weight excluding hydrogens is 364 g/mol. The van der Waals surface area contributed by atoms with Gasteiger partial charge in [-0.05, 0) is 55.2 Å². The van der Waals surface area contributed by atoms with Crippen LogP contribution in [0.15, 0.2) is 54.7 Å². The Bertz CT molecular complexity index is 998. The maximum atomic E-state index is 12.7. The van der Waals surface area contributed by atoms with Crippen molar-refractivity contribution in [1.82, 2.24) is 9.88 Å². The fourth-order valence-electron chi connectivity index (χ4n) is 4.12. The minimum Gasteiger partial charge on any atom is -0.497 e. The predicted octanol–water partition coefficient (Wildman–Crippen LogP) is 4.23. The van der Waals surface area contributed by atoms with Crippen molar-refractivity contribution in [3.63, 3.8) is 0 Å². The van der Waals surface area contributed by atoms with E-state index in [1.165, 1.54) is 10.9 Å². The number of piperidine rings is 1. The molecule has 4 rings (SSSR count). The van der Waals surface area contributed by atoms with E-state index >= 15 is 0 Å². The Labute approximate surface area is 170 Å². The number of likely N-dealkylation sites (tertiary alicyclic amines) is 1. The number of rotatable bonds is 6. The lowest BCUT2D eigenvalue weighted by Crippen LogP contribution is -2.40. The number of carbonyl (C=O) groups is 2. The molecule has 0 bridgehead atoms. The normalized spacial score (nSPS) is 14.9. The molecular formula is C24H26N2O3. The molecule has 1 fully saturated rings. The van der Waals surface area contributed by atoms with E-state index < -0.39 is 0 Å². The Balaban J connectivity index is 1.29. The van der Waals surface area contributed by atoms with Crippen LogP contribution in [0.4, 0.5) is 0 Å². The maximum absolute atomic E-state index is 12.7. The number of aryl methyl sites for hydroxylation is 1. The number of carbonyl (C=O) groups excluding carboxylic acids is 2. The van der Waals surface area contributed by atoms with E-state index in [0.717, 1.165) is 36.1 Å². The molecule has 150 valence electrons. The highest BCUT2D eigenvalue weighted by atomic mass is 16.5. The van der Waals surface area contributed by atoms with Gasteiger partial charge in [-0.1, -0.05) is 18.2 Å². The summed E-state index contributed by atoms with van der Waals surface area (Å²) in [4.78, 5) is 30.6. The number of Topliss-reactive ketones (excluding diaryl/α,β-unsaturated/α-hetero) is 1. The number of methoxy groups -OCH3 is 1. The van der Waals surface area contributed by atoms with Crippen LogP contribution >= 0.6 is 0 Å². The smallest absolute Gasteiger partial charge is 0.222 e. The molecule has 5 nitrogen and oxygen atoms in total. The predicted molar refractivity (Wildman–Crippen MR) is 113 cm³/mol. The fourth-order valence-corrected chi connectivity index (χ4v) is 4.12. The zero-order chi connectivity index (χ0) is 20.2. The first-order chi connectivity index (χ1) is 14.2. The number of H-pyrrole nitrogens is 1. The van der Waals surface area contributed by atoms with E-state index in [1.54, 1.807) is 7.11 Å². The number of ketones is 1. The summed E-state index contributed by atoms with van der Waals surface area (Å²) < 4.78 is 5.15. The van der Waals surface area contributed by atoms with Gasteiger partial charge < -0.3 is 14.6 Å². The second kappa shape index (κ2) is 8.52. The minimum absolute atomic E-state index is 0.0129. The first-order valence-electron chi connectivity index (χ1n) is 10.2. The lowest BCUT2D eigenvalue weighted by Gasteiger charge is -2.31. The SMILES string of the molecule is COc1ccc(C(=O)C2CCN(C(=O)CCc3c[nH]c4ccccc34)CC2)cc1. The lowest BCUT2D eigenvalue weighted by molar-refractivity contribution is -0.132. The fraction of sp³-hybridized carbons (Fsp3) is 0.333. The number of ether oxygens (including phenoxy) is 1. The van der Waals surface area contributed by atoms with Crippen LogP contribution in [0.1, 0.15) is 35.2 Å². The van der Waals surface area contributed by atoms with Crippen molar-refractivity contribution in [3.05, 3.63) is 65.9 Å². The Morgan fingerprint density at radius 2 is 1.79 bits per heavy atom. The van der Waals surface area contributed by atoms with Crippen molar-refractivity contribution in [2.45, 2.75) is 25.7 Å². The van der Waals surface area contributed by atoms with Gasteiger partial charge in [0.25, 0.3) is 0 Å². The van der Waals surface area contributed by atoms with Gasteiger partial charge in [0.15, 0.2) is 5.78 Å². The third-order valence-corrected chi connectivity index (χ3v) is 5.88. The number of nitrogens with zero attached hydrogens (tertiary/aromatic N) is 1. The van der Waals surface area contributed by atoms with Crippen LogP contribution in [0.3, 0.4) is 0 Å². The zero-order valence-electron chi connectivity index (χ0n) is 16.7. The van der Waals surface area contributed by atoms with Crippen LogP contribution in [-0.4, -0.2) is 41.8 Å². The number of aromatic nitrogens is 1. The molecule has 3 aromatic rings. The van der Waals surface area contributed by atoms with E-state index in [9.17, 15) is 9.59 Å². The summed E-state index contributed by atoms with van der Waals surface area (Å²) in [6.07, 6.45) is 4.68. The number of hydrogen-bond acceptors (Lipinski definition) is 3. The number of benzene rings is 2. The van der Waals surface area contributed by atoms with E-state index in [1.807, 2.05) is 53.6 Å². The number of hydrogen-bond donors (Lipinski definition) is 1. The van der Waals surface area contributed by atoms with Crippen LogP contribution in [0.5, 0.6) is 5.75 Å². The van der Waals surface area contributed by atoms with Crippen LogP contribution in [-0.2, 0) is 11.2 Å². The van der Waals surface area contributed by atoms with Crippen molar-refractivity contribution in [2.24, 2.45) is 5.92 Å². The first kappa shape index (κ1) is 19.2. The minimum atomic E-state index is -0.0129. The summed E-state index contributed by atoms with van der Waals surface area (Å²) in [5, 5.41) is 1.18. The molecule has 1 aliphatic rings. The quantitative estimate of drug-likeness (QED) is 0.641. The van der Waals surface area contributed by atoms with Crippen LogP contribution in [0.25, 0.3) is 10.9 Å². The second-order valence-electron chi connectivity index (χ2n) is 7.61. The average molecular weight is 390 g/mol. The molecule has 0 spiro atoms. The summed E-state index contributed by atoms with van der Waals surface area (Å²) in [6.45, 7) is 1.30. The maximum Gasteiger partial charge on any atom is 0.222 e. The Morgan fingerprint density at radius 3 is 2.52 bits per heavy atom. The van der Waals surface area contributed by atoms with Crippen LogP contribution in [0, 0.1) is 5.92 Å². The van der Waals surface area contributed by atoms with E-state index in [2.05, 4.69) is 11.1 Å². The number of aromatic amines is 1. The van der Waals surface area contributed by atoms with Gasteiger partial charge >= 0.3 is 0 Å². The van der Waals surface area contributed by atoms with Gasteiger partial charge in [-0.3, -0.25) is 9.59 Å². The van der Waals surface area contributed by atoms with Gasteiger partial charge in [0.05, 0.1) is 7.11 Å². The molecule has 1 amide bonds. The summed E-state index contributed by atoms with van der Waals surface area (Å²) in [5.41, 5.74) is 3.00. The zero-order valence-corrected chi connectivity index (χ0v) is 16.7. The molecule has 1 N–H and O–H groups in total. The van der Waals surface area contributed by atoms with E-state index in [0.29, 0.717) is 19.5 Å². The molecule has 0 atom stereocenters. The summed E-state index contributed by atoms with van der Waals surface area (Å²) in [6, 6.07) is 15.4. The Morgan fingerprint density at radius 1 is 1.07 bits per heavy atom. The molecule has 0 aliphatic carbocycles. The monoisotopic (exact) mass is 390 g/mol. The van der Waals surface area contributed by atoms with Crippen molar-refractivity contribution >= 4 is 22.6 Å². The summed E-state index contributed by atoms with van der Waals surface area (Å²) in [5.74, 6) is 1.07. The van der Waals surface area contributed by atoms with Crippen LogP contribution in [0.2, 0.25) is 0 Å². The van der Waals surface area contributed by atoms with Gasteiger partial charge in [-0.25, -0.2) is 0 Å². The third kappa shape index (κ3) is 4.19. The number of fused-ring (bicyclic) bond motifs is 1. The van der Waals surface area contributed by atoms with Gasteiger partial charge in [0.2, 0.25) is 5.91 Å². The molecule has 5 heteroatoms. The topological polar surface area (TPSA) is 62.4 Å². The van der Waals surface area contributed by atoms with Crippen LogP contribution < -0.4 is 4.74 Å². The summed E-state index contributed by atoms with van der Waals surface area (Å²) >= 11 is 0. The van der Waals surface area contributed by atoms with E-state index in [4.69, 9.17) is 4.74 Å². The molecule has 2 aromatic carbocycles. The number of nitrogens with one attached hydrogen (secondary N) is 1. The van der Waals surface area contributed by atoms with Crippen molar-refractivity contribution in [3.8, 4) is 5.75 Å². The molecule has 0 radical (unpaired) electrons. The standard InChI is InChI=1S/C24H26N2O3/c1-29-20-9-6-17(7-10-20)24(28)18-12-14-26(15-13-18)23(27)11-8-19-16-25-22-5-3-2-4-21(19)22/h2-7,9-10,16,18,25H,8,11-15H2,1H3. The molecule has 2 heterocycles. The second-order valence-corrected chi connectivity index (χ2v) is 7.61. The van der Waals surface area contributed by atoms with Crippen molar-refractivity contribution in [1.29, 1.82) is 0 Å². The van der Waals surface area contributed by atoms with Gasteiger partial charge in [-0.2, -0.15) is 0 Å². The molecule has 0 unspecified atom stereocenters. The van der Waals surface area contributed by atoms with E-state index in [-0.39, 0.29) is 17.6 Å². The van der Waals surface area contributed by atoms with Crippen molar-refractivity contribution < 1.29 is 14.3 Å². The number of amides is 1. The Kier molecular flexibility index (Phi) is 5.65. The lowest BCUT2D eigenvalue weighted by atomic mass is 9.88. The van der Waals surface area contributed by atoms with Gasteiger partial charge in [-0.15, -0.1) is 0 Å². The third-order valence-electron chi connectivity index (χ3n) is 5.88. The molecule has 1 aromatic heterocycles. The summed E-state index contributed by atoms with van der Waals surface area (Å²) in [7, 11) is 1.61. The van der Waals surface area contributed by atoms with Gasteiger partial charge in [0.1, 0.15) is 5.75 Å². The average Bonchev–Trinajstić information content (AvgIpc) is 3.20. The molecule has 29 heavy (non-hydrogen) atoms.